The largest absolute Gasteiger partial charge is 0.384 e. The molecule has 0 spiro atoms. The molecule has 0 amide bonds. The molecule has 1 aromatic rings. The number of ether oxygens (including phenoxy) is 1. The van der Waals surface area contributed by atoms with Gasteiger partial charge in [0, 0.05) is 25.7 Å². The number of nitrogens with two attached hydrogens (primary N) is 1. The minimum absolute atomic E-state index is 0.0664. The fourth-order valence-electron chi connectivity index (χ4n) is 3.33. The predicted molar refractivity (Wildman–Crippen MR) is 83.6 cm³/mol. The Bertz CT molecular complexity index is 421. The Morgan fingerprint density at radius 3 is 2.71 bits per heavy atom. The highest BCUT2D eigenvalue weighted by molar-refractivity contribution is 5.22. The summed E-state index contributed by atoms with van der Waals surface area (Å²) in [5, 5.41) is 0. The summed E-state index contributed by atoms with van der Waals surface area (Å²) in [5.74, 6) is 0.370. The van der Waals surface area contributed by atoms with E-state index in [2.05, 4.69) is 11.8 Å². The van der Waals surface area contributed by atoms with E-state index in [-0.39, 0.29) is 17.9 Å². The van der Waals surface area contributed by atoms with Crippen LogP contribution in [0.3, 0.4) is 0 Å². The van der Waals surface area contributed by atoms with Crippen LogP contribution in [0.25, 0.3) is 0 Å². The minimum Gasteiger partial charge on any atom is -0.384 e. The molecule has 0 radical (unpaired) electrons. The number of piperidine rings is 1. The lowest BCUT2D eigenvalue weighted by Crippen LogP contribution is -2.46. The Balaban J connectivity index is 2.17. The molecular weight excluding hydrogens is 267 g/mol. The molecule has 1 aliphatic heterocycles. The molecule has 2 rings (SSSR count). The molecule has 4 heteroatoms. The number of hydrogen-bond donors (Lipinski definition) is 1. The van der Waals surface area contributed by atoms with Gasteiger partial charge >= 0.3 is 0 Å². The van der Waals surface area contributed by atoms with E-state index in [4.69, 9.17) is 10.5 Å². The Kier molecular flexibility index (Phi) is 6.15. The molecule has 1 saturated heterocycles. The molecular formula is C17H27FN2O. The summed E-state index contributed by atoms with van der Waals surface area (Å²) in [5.41, 5.74) is 7.49. The summed E-state index contributed by atoms with van der Waals surface area (Å²) in [6, 6.07) is 7.03. The summed E-state index contributed by atoms with van der Waals surface area (Å²) >= 11 is 0. The second-order valence-corrected chi connectivity index (χ2v) is 6.03. The SMILES string of the molecule is CCC(N)C(c1ccc(F)cc1)N1CCCC(COC)C1. The van der Waals surface area contributed by atoms with Gasteiger partial charge in [-0.25, -0.2) is 4.39 Å². The van der Waals surface area contributed by atoms with E-state index < -0.39 is 0 Å². The quantitative estimate of drug-likeness (QED) is 0.876. The second kappa shape index (κ2) is 7.87. The van der Waals surface area contributed by atoms with Crippen LogP contribution in [0.5, 0.6) is 0 Å². The van der Waals surface area contributed by atoms with Gasteiger partial charge < -0.3 is 10.5 Å². The van der Waals surface area contributed by atoms with E-state index in [0.717, 1.165) is 31.7 Å². The number of methoxy groups -OCH3 is 1. The lowest BCUT2D eigenvalue weighted by molar-refractivity contribution is 0.0597. The fourth-order valence-corrected chi connectivity index (χ4v) is 3.33. The van der Waals surface area contributed by atoms with Gasteiger partial charge in [-0.05, 0) is 49.4 Å². The van der Waals surface area contributed by atoms with Gasteiger partial charge in [0.15, 0.2) is 0 Å². The molecule has 0 saturated carbocycles. The Morgan fingerprint density at radius 2 is 2.10 bits per heavy atom. The smallest absolute Gasteiger partial charge is 0.123 e. The molecule has 3 nitrogen and oxygen atoms in total. The lowest BCUT2D eigenvalue weighted by Gasteiger charge is -2.40. The number of hydrogen-bond acceptors (Lipinski definition) is 3. The maximum atomic E-state index is 13.2. The van der Waals surface area contributed by atoms with E-state index in [9.17, 15) is 4.39 Å². The number of benzene rings is 1. The zero-order valence-electron chi connectivity index (χ0n) is 13.1. The van der Waals surface area contributed by atoms with Gasteiger partial charge in [0.05, 0.1) is 6.61 Å². The molecule has 1 aliphatic rings. The Morgan fingerprint density at radius 1 is 1.38 bits per heavy atom. The lowest BCUT2D eigenvalue weighted by atomic mass is 9.91. The van der Waals surface area contributed by atoms with Gasteiger partial charge in [0.25, 0.3) is 0 Å². The van der Waals surface area contributed by atoms with E-state index in [0.29, 0.717) is 5.92 Å². The van der Waals surface area contributed by atoms with Crippen molar-refractivity contribution in [3.05, 3.63) is 35.6 Å². The van der Waals surface area contributed by atoms with E-state index in [1.165, 1.54) is 25.0 Å². The fraction of sp³-hybridized carbons (Fsp3) is 0.647. The van der Waals surface area contributed by atoms with Crippen LogP contribution in [-0.4, -0.2) is 37.7 Å². The second-order valence-electron chi connectivity index (χ2n) is 6.03. The number of rotatable bonds is 6. The highest BCUT2D eigenvalue weighted by atomic mass is 19.1. The zero-order chi connectivity index (χ0) is 15.2. The van der Waals surface area contributed by atoms with Crippen molar-refractivity contribution < 1.29 is 9.13 Å². The van der Waals surface area contributed by atoms with Crippen LogP contribution in [0.2, 0.25) is 0 Å². The van der Waals surface area contributed by atoms with Crippen molar-refractivity contribution in [3.63, 3.8) is 0 Å². The van der Waals surface area contributed by atoms with Crippen LogP contribution in [-0.2, 0) is 4.74 Å². The molecule has 2 N–H and O–H groups in total. The summed E-state index contributed by atoms with van der Waals surface area (Å²) in [6.45, 7) is 4.96. The summed E-state index contributed by atoms with van der Waals surface area (Å²) in [6.07, 6.45) is 3.29. The van der Waals surface area contributed by atoms with Crippen molar-refractivity contribution in [2.75, 3.05) is 26.8 Å². The molecule has 118 valence electrons. The molecule has 1 heterocycles. The maximum Gasteiger partial charge on any atom is 0.123 e. The highest BCUT2D eigenvalue weighted by Crippen LogP contribution is 2.30. The molecule has 1 aromatic carbocycles. The van der Waals surface area contributed by atoms with Gasteiger partial charge in [-0.3, -0.25) is 4.90 Å². The third kappa shape index (κ3) is 4.25. The molecule has 0 aromatic heterocycles. The van der Waals surface area contributed by atoms with Crippen LogP contribution < -0.4 is 5.73 Å². The first-order chi connectivity index (χ1) is 10.2. The van der Waals surface area contributed by atoms with Crippen molar-refractivity contribution in [2.24, 2.45) is 11.7 Å². The van der Waals surface area contributed by atoms with Crippen LogP contribution in [0.15, 0.2) is 24.3 Å². The van der Waals surface area contributed by atoms with Crippen LogP contribution in [0.4, 0.5) is 4.39 Å². The zero-order valence-corrected chi connectivity index (χ0v) is 13.1. The first-order valence-electron chi connectivity index (χ1n) is 7.89. The first-order valence-corrected chi connectivity index (χ1v) is 7.89. The highest BCUT2D eigenvalue weighted by Gasteiger charge is 2.30. The Hall–Kier alpha value is -0.970. The topological polar surface area (TPSA) is 38.5 Å². The molecule has 3 unspecified atom stereocenters. The standard InChI is InChI=1S/C17H27FN2O/c1-3-16(19)17(14-6-8-15(18)9-7-14)20-10-4-5-13(11-20)12-21-2/h6-9,13,16-17H,3-5,10-12,19H2,1-2H3. The van der Waals surface area contributed by atoms with Crippen molar-refractivity contribution in [3.8, 4) is 0 Å². The van der Waals surface area contributed by atoms with Crippen LogP contribution in [0, 0.1) is 11.7 Å². The summed E-state index contributed by atoms with van der Waals surface area (Å²) in [4.78, 5) is 2.45. The average molecular weight is 294 g/mol. The van der Waals surface area contributed by atoms with Gasteiger partial charge in [-0.15, -0.1) is 0 Å². The Labute approximate surface area is 127 Å². The summed E-state index contributed by atoms with van der Waals surface area (Å²) < 4.78 is 18.5. The van der Waals surface area contributed by atoms with E-state index in [1.54, 1.807) is 7.11 Å². The van der Waals surface area contributed by atoms with Crippen LogP contribution in [0.1, 0.15) is 37.8 Å². The minimum atomic E-state index is -0.196. The summed E-state index contributed by atoms with van der Waals surface area (Å²) in [7, 11) is 1.76. The van der Waals surface area contributed by atoms with Crippen molar-refractivity contribution >= 4 is 0 Å². The van der Waals surface area contributed by atoms with Gasteiger partial charge in [0.1, 0.15) is 5.82 Å². The molecule has 0 bridgehead atoms. The number of nitrogens with zero attached hydrogens (tertiary/aromatic N) is 1. The van der Waals surface area contributed by atoms with Gasteiger partial charge in [-0.1, -0.05) is 19.1 Å². The number of halogens is 1. The van der Waals surface area contributed by atoms with Crippen LogP contribution >= 0.6 is 0 Å². The van der Waals surface area contributed by atoms with E-state index in [1.807, 2.05) is 12.1 Å². The molecule has 3 atom stereocenters. The first kappa shape index (κ1) is 16.4. The molecule has 21 heavy (non-hydrogen) atoms. The third-order valence-electron chi connectivity index (χ3n) is 4.43. The molecule has 1 fully saturated rings. The average Bonchev–Trinajstić information content (AvgIpc) is 2.50. The number of likely N-dealkylation sites (tertiary alicyclic amines) is 1. The monoisotopic (exact) mass is 294 g/mol. The van der Waals surface area contributed by atoms with Gasteiger partial charge in [-0.2, -0.15) is 0 Å². The van der Waals surface area contributed by atoms with Crippen molar-refractivity contribution in [1.82, 2.24) is 4.90 Å². The van der Waals surface area contributed by atoms with Gasteiger partial charge in [0.2, 0.25) is 0 Å². The van der Waals surface area contributed by atoms with Crippen molar-refractivity contribution in [1.29, 1.82) is 0 Å². The predicted octanol–water partition coefficient (Wildman–Crippen LogP) is 2.96. The normalized spacial score (nSPS) is 23.0. The maximum absolute atomic E-state index is 13.2. The van der Waals surface area contributed by atoms with E-state index >= 15 is 0 Å². The molecule has 0 aliphatic carbocycles. The van der Waals surface area contributed by atoms with Crippen molar-refractivity contribution in [2.45, 2.75) is 38.3 Å². The third-order valence-corrected chi connectivity index (χ3v) is 4.43.